The van der Waals surface area contributed by atoms with Crippen LogP contribution in [-0.2, 0) is 17.6 Å². The summed E-state index contributed by atoms with van der Waals surface area (Å²) in [4.78, 5) is 0. The van der Waals surface area contributed by atoms with E-state index in [0.717, 1.165) is 35.5 Å². The molecule has 2 aromatic carbocycles. The molecule has 136 valence electrons. The van der Waals surface area contributed by atoms with E-state index in [9.17, 15) is 0 Å². The molecule has 0 atom stereocenters. The van der Waals surface area contributed by atoms with Crippen LogP contribution < -0.4 is 9.47 Å². The third kappa shape index (κ3) is 5.50. The smallest absolute Gasteiger partial charge is 0.122 e. The second-order valence-corrected chi connectivity index (χ2v) is 7.60. The molecule has 0 fully saturated rings. The lowest BCUT2D eigenvalue weighted by Gasteiger charge is -2.37. The lowest BCUT2D eigenvalue weighted by molar-refractivity contribution is -0.121. The Morgan fingerprint density at radius 2 is 1.00 bits per heavy atom. The summed E-state index contributed by atoms with van der Waals surface area (Å²) in [6.45, 7) is 8.51. The minimum Gasteiger partial charge on any atom is -0.496 e. The van der Waals surface area contributed by atoms with E-state index >= 15 is 0 Å². The fourth-order valence-electron chi connectivity index (χ4n) is 3.44. The van der Waals surface area contributed by atoms with E-state index in [1.54, 1.807) is 14.2 Å². The quantitative estimate of drug-likeness (QED) is 0.671. The Kier molecular flexibility index (Phi) is 6.12. The van der Waals surface area contributed by atoms with Gasteiger partial charge in [0.1, 0.15) is 11.5 Å². The molecule has 0 spiro atoms. The molecule has 0 aromatic heterocycles. The zero-order chi connectivity index (χ0) is 18.5. The van der Waals surface area contributed by atoms with Crippen LogP contribution in [0.15, 0.2) is 48.5 Å². The Hall–Kier alpha value is -2.00. The summed E-state index contributed by atoms with van der Waals surface area (Å²) in [5.41, 5.74) is 1.67. The highest BCUT2D eigenvalue weighted by Gasteiger charge is 2.31. The molecule has 0 aliphatic rings. The first kappa shape index (κ1) is 19.3. The van der Waals surface area contributed by atoms with E-state index in [1.165, 1.54) is 0 Å². The van der Waals surface area contributed by atoms with Crippen molar-refractivity contribution >= 4 is 0 Å². The number of methoxy groups -OCH3 is 2. The van der Waals surface area contributed by atoms with Gasteiger partial charge in [-0.25, -0.2) is 0 Å². The predicted octanol–water partition coefficient (Wildman–Crippen LogP) is 5.06. The normalized spacial score (nSPS) is 12.1. The van der Waals surface area contributed by atoms with Crippen LogP contribution in [0.25, 0.3) is 0 Å². The summed E-state index contributed by atoms with van der Waals surface area (Å²) in [5.74, 6) is 1.81. The molecular weight excluding hydrogens is 312 g/mol. The van der Waals surface area contributed by atoms with E-state index in [-0.39, 0.29) is 11.2 Å². The van der Waals surface area contributed by atoms with Gasteiger partial charge in [0.25, 0.3) is 0 Å². The monoisotopic (exact) mass is 342 g/mol. The topological polar surface area (TPSA) is 27.7 Å². The predicted molar refractivity (Wildman–Crippen MR) is 103 cm³/mol. The molecule has 3 heteroatoms. The third-order valence-corrected chi connectivity index (χ3v) is 4.17. The molecule has 0 saturated heterocycles. The van der Waals surface area contributed by atoms with Crippen LogP contribution in [0.3, 0.4) is 0 Å². The lowest BCUT2D eigenvalue weighted by atomic mass is 9.93. The summed E-state index contributed by atoms with van der Waals surface area (Å²) < 4.78 is 17.5. The number of ether oxygens (including phenoxy) is 3. The first-order chi connectivity index (χ1) is 11.8. The second kappa shape index (κ2) is 7.92. The van der Waals surface area contributed by atoms with Gasteiger partial charge in [-0.3, -0.25) is 0 Å². The van der Waals surface area contributed by atoms with E-state index in [0.29, 0.717) is 0 Å². The van der Waals surface area contributed by atoms with Gasteiger partial charge in [0.15, 0.2) is 0 Å². The molecule has 0 amide bonds. The fourth-order valence-corrected chi connectivity index (χ4v) is 3.44. The van der Waals surface area contributed by atoms with Gasteiger partial charge < -0.3 is 14.2 Å². The summed E-state index contributed by atoms with van der Waals surface area (Å²) in [5, 5.41) is 0. The maximum Gasteiger partial charge on any atom is 0.122 e. The Bertz CT molecular complexity index is 630. The van der Waals surface area contributed by atoms with Crippen molar-refractivity contribution in [1.82, 2.24) is 0 Å². The Labute approximate surface area is 151 Å². The average Bonchev–Trinajstić information content (AvgIpc) is 2.54. The van der Waals surface area contributed by atoms with Crippen LogP contribution in [0.4, 0.5) is 0 Å². The highest BCUT2D eigenvalue weighted by Crippen LogP contribution is 2.31. The molecule has 2 rings (SSSR count). The van der Waals surface area contributed by atoms with Crippen molar-refractivity contribution in [2.24, 2.45) is 0 Å². The number of benzene rings is 2. The number of rotatable bonds is 8. The summed E-state index contributed by atoms with van der Waals surface area (Å²) in [7, 11) is 3.41. The molecule has 0 heterocycles. The van der Waals surface area contributed by atoms with Crippen LogP contribution in [0.5, 0.6) is 11.5 Å². The first-order valence-electron chi connectivity index (χ1n) is 8.70. The zero-order valence-electron chi connectivity index (χ0n) is 16.3. The van der Waals surface area contributed by atoms with Crippen molar-refractivity contribution < 1.29 is 14.2 Å². The number of para-hydroxylation sites is 2. The standard InChI is InChI=1S/C22H30O3/c1-21(2,15-17-11-7-9-13-19(17)23-5)25-22(3,4)16-18-12-8-10-14-20(18)24-6/h7-14H,15-16H2,1-6H3. The van der Waals surface area contributed by atoms with Crippen LogP contribution in [-0.4, -0.2) is 25.4 Å². The molecule has 0 aliphatic carbocycles. The van der Waals surface area contributed by atoms with Gasteiger partial charge in [-0.05, 0) is 51.0 Å². The molecule has 2 aromatic rings. The molecule has 0 radical (unpaired) electrons. The lowest BCUT2D eigenvalue weighted by Crippen LogP contribution is -2.40. The molecule has 0 N–H and O–H groups in total. The van der Waals surface area contributed by atoms with Crippen LogP contribution >= 0.6 is 0 Å². The Morgan fingerprint density at radius 3 is 1.36 bits per heavy atom. The Morgan fingerprint density at radius 1 is 0.640 bits per heavy atom. The molecule has 3 nitrogen and oxygen atoms in total. The van der Waals surface area contributed by atoms with Gasteiger partial charge in [-0.1, -0.05) is 36.4 Å². The summed E-state index contributed by atoms with van der Waals surface area (Å²) >= 11 is 0. The van der Waals surface area contributed by atoms with Crippen molar-refractivity contribution in [3.63, 3.8) is 0 Å². The molecule has 0 bridgehead atoms. The van der Waals surface area contributed by atoms with Gasteiger partial charge in [-0.2, -0.15) is 0 Å². The highest BCUT2D eigenvalue weighted by atomic mass is 16.5. The molecule has 0 saturated carbocycles. The van der Waals surface area contributed by atoms with Gasteiger partial charge in [0, 0.05) is 12.8 Å². The molecule has 0 aliphatic heterocycles. The van der Waals surface area contributed by atoms with Crippen LogP contribution in [0.1, 0.15) is 38.8 Å². The maximum absolute atomic E-state index is 6.52. The van der Waals surface area contributed by atoms with Gasteiger partial charge in [0.2, 0.25) is 0 Å². The van der Waals surface area contributed by atoms with Gasteiger partial charge in [0.05, 0.1) is 25.4 Å². The first-order valence-corrected chi connectivity index (χ1v) is 8.70. The Balaban J connectivity index is 2.12. The molecule has 0 unspecified atom stereocenters. The van der Waals surface area contributed by atoms with Crippen molar-refractivity contribution in [2.75, 3.05) is 14.2 Å². The van der Waals surface area contributed by atoms with Gasteiger partial charge in [-0.15, -0.1) is 0 Å². The third-order valence-electron chi connectivity index (χ3n) is 4.17. The van der Waals surface area contributed by atoms with Crippen molar-refractivity contribution in [3.8, 4) is 11.5 Å². The zero-order valence-corrected chi connectivity index (χ0v) is 16.3. The molecular formula is C22H30O3. The largest absolute Gasteiger partial charge is 0.496 e. The van der Waals surface area contributed by atoms with Crippen molar-refractivity contribution in [2.45, 2.75) is 51.7 Å². The minimum absolute atomic E-state index is 0.319. The van der Waals surface area contributed by atoms with Crippen LogP contribution in [0.2, 0.25) is 0 Å². The summed E-state index contributed by atoms with van der Waals surface area (Å²) in [6, 6.07) is 16.2. The van der Waals surface area contributed by atoms with Crippen LogP contribution in [0, 0.1) is 0 Å². The summed E-state index contributed by atoms with van der Waals surface area (Å²) in [6.07, 6.45) is 1.57. The van der Waals surface area contributed by atoms with Gasteiger partial charge >= 0.3 is 0 Å². The maximum atomic E-state index is 6.52. The average molecular weight is 342 g/mol. The SMILES string of the molecule is COc1ccccc1CC(C)(C)OC(C)(C)Cc1ccccc1OC. The van der Waals surface area contributed by atoms with E-state index in [4.69, 9.17) is 14.2 Å². The number of hydrogen-bond acceptors (Lipinski definition) is 3. The van der Waals surface area contributed by atoms with E-state index < -0.39 is 0 Å². The number of hydrogen-bond donors (Lipinski definition) is 0. The van der Waals surface area contributed by atoms with E-state index in [1.807, 2.05) is 36.4 Å². The minimum atomic E-state index is -0.319. The molecule has 25 heavy (non-hydrogen) atoms. The van der Waals surface area contributed by atoms with Crippen molar-refractivity contribution in [1.29, 1.82) is 0 Å². The second-order valence-electron chi connectivity index (χ2n) is 7.60. The van der Waals surface area contributed by atoms with Crippen molar-refractivity contribution in [3.05, 3.63) is 59.7 Å². The fraction of sp³-hybridized carbons (Fsp3) is 0.455. The highest BCUT2D eigenvalue weighted by molar-refractivity contribution is 5.35. The van der Waals surface area contributed by atoms with E-state index in [2.05, 4.69) is 39.8 Å².